The number of aldehydes is 1. The van der Waals surface area contributed by atoms with Crippen LogP contribution in [0.3, 0.4) is 0 Å². The summed E-state index contributed by atoms with van der Waals surface area (Å²) in [5, 5.41) is 3.17. The number of hydrogen-bond donors (Lipinski definition) is 0. The van der Waals surface area contributed by atoms with Crippen LogP contribution in [0.15, 0.2) is 0 Å². The molecule has 0 radical (unpaired) electrons. The maximum absolute atomic E-state index is 12.6. The first kappa shape index (κ1) is 14.0. The van der Waals surface area contributed by atoms with Crippen molar-refractivity contribution in [2.24, 2.45) is 0 Å². The molecule has 0 aliphatic carbocycles. The molecular weight excluding hydrogens is 257 g/mol. The van der Waals surface area contributed by atoms with Crippen LogP contribution in [-0.4, -0.2) is 16.1 Å². The second-order valence-electron chi connectivity index (χ2n) is 3.58. The monoisotopic (exact) mass is 268 g/mol. The summed E-state index contributed by atoms with van der Waals surface area (Å²) in [6, 6.07) is -0.239. The number of alkyl halides is 3. The number of carbonyl (C=O) groups excluding carboxylic acids is 1. The van der Waals surface area contributed by atoms with Crippen molar-refractivity contribution >= 4 is 17.9 Å². The fourth-order valence-corrected chi connectivity index (χ4v) is 1.93. The molecular formula is C10H12ClF3N2O. The molecule has 0 aliphatic heterocycles. The second kappa shape index (κ2) is 5.08. The smallest absolute Gasteiger partial charge is 0.298 e. The van der Waals surface area contributed by atoms with Crippen molar-refractivity contribution in [1.29, 1.82) is 0 Å². The lowest BCUT2D eigenvalue weighted by atomic mass is 10.2. The summed E-state index contributed by atoms with van der Waals surface area (Å²) < 4.78 is 38.9. The van der Waals surface area contributed by atoms with Crippen LogP contribution in [0.2, 0.25) is 5.15 Å². The van der Waals surface area contributed by atoms with Gasteiger partial charge in [0, 0.05) is 0 Å². The highest BCUT2D eigenvalue weighted by molar-refractivity contribution is 6.32. The van der Waals surface area contributed by atoms with Crippen molar-refractivity contribution in [3.05, 3.63) is 16.4 Å². The summed E-state index contributed by atoms with van der Waals surface area (Å²) in [6.07, 6.45) is -3.39. The normalized spacial score (nSPS) is 12.2. The quantitative estimate of drug-likeness (QED) is 0.780. The van der Waals surface area contributed by atoms with E-state index >= 15 is 0 Å². The van der Waals surface area contributed by atoms with Gasteiger partial charge in [0.1, 0.15) is 5.15 Å². The van der Waals surface area contributed by atoms with Gasteiger partial charge in [-0.25, -0.2) is 4.68 Å². The molecule has 0 atom stereocenters. The fraction of sp³-hybridized carbons (Fsp3) is 0.600. The molecule has 1 heterocycles. The SMILES string of the molecule is CCC(CC)n1nc(C(F)(F)F)c(C=O)c1Cl. The molecule has 0 fully saturated rings. The molecule has 0 amide bonds. The van der Waals surface area contributed by atoms with Crippen molar-refractivity contribution in [1.82, 2.24) is 9.78 Å². The van der Waals surface area contributed by atoms with Crippen molar-refractivity contribution in [2.45, 2.75) is 38.9 Å². The van der Waals surface area contributed by atoms with Crippen LogP contribution >= 0.6 is 11.6 Å². The standard InChI is InChI=1S/C10H12ClF3N2O/c1-3-6(4-2)16-9(11)7(5-17)8(15-16)10(12,13)14/h5-6H,3-4H2,1-2H3. The molecule has 3 nitrogen and oxygen atoms in total. The number of carbonyl (C=O) groups is 1. The van der Waals surface area contributed by atoms with Gasteiger partial charge in [-0.2, -0.15) is 18.3 Å². The highest BCUT2D eigenvalue weighted by atomic mass is 35.5. The zero-order chi connectivity index (χ0) is 13.2. The largest absolute Gasteiger partial charge is 0.435 e. The zero-order valence-electron chi connectivity index (χ0n) is 9.38. The van der Waals surface area contributed by atoms with E-state index in [1.54, 1.807) is 0 Å². The third-order valence-corrected chi connectivity index (χ3v) is 2.94. The molecule has 0 saturated heterocycles. The van der Waals surface area contributed by atoms with Gasteiger partial charge in [0.05, 0.1) is 11.6 Å². The van der Waals surface area contributed by atoms with E-state index in [9.17, 15) is 18.0 Å². The van der Waals surface area contributed by atoms with Crippen LogP contribution in [0.5, 0.6) is 0 Å². The van der Waals surface area contributed by atoms with Crippen molar-refractivity contribution < 1.29 is 18.0 Å². The Morgan fingerprint density at radius 1 is 1.41 bits per heavy atom. The molecule has 96 valence electrons. The van der Waals surface area contributed by atoms with Gasteiger partial charge in [-0.1, -0.05) is 25.4 Å². The Balaban J connectivity index is 3.36. The molecule has 7 heteroatoms. The Hall–Kier alpha value is -1.04. The number of nitrogens with zero attached hydrogens (tertiary/aromatic N) is 2. The molecule has 0 bridgehead atoms. The van der Waals surface area contributed by atoms with Crippen LogP contribution in [0, 0.1) is 0 Å². The predicted octanol–water partition coefficient (Wildman–Crippen LogP) is 3.73. The van der Waals surface area contributed by atoms with Gasteiger partial charge in [0.2, 0.25) is 0 Å². The summed E-state index contributed by atoms with van der Waals surface area (Å²) in [4.78, 5) is 10.7. The molecule has 1 aromatic rings. The van der Waals surface area contributed by atoms with Crippen LogP contribution in [0.1, 0.15) is 48.8 Å². The first-order chi connectivity index (χ1) is 7.86. The van der Waals surface area contributed by atoms with Crippen LogP contribution in [0.4, 0.5) is 13.2 Å². The van der Waals surface area contributed by atoms with Crippen LogP contribution in [-0.2, 0) is 6.18 Å². The first-order valence-electron chi connectivity index (χ1n) is 5.17. The van der Waals surface area contributed by atoms with E-state index in [4.69, 9.17) is 11.6 Å². The maximum atomic E-state index is 12.6. The Labute approximate surface area is 102 Å². The number of halogens is 4. The third kappa shape index (κ3) is 2.62. The average molecular weight is 269 g/mol. The number of aromatic nitrogens is 2. The van der Waals surface area contributed by atoms with E-state index in [1.165, 1.54) is 0 Å². The van der Waals surface area contributed by atoms with E-state index < -0.39 is 17.4 Å². The molecule has 0 unspecified atom stereocenters. The Bertz CT molecular complexity index is 410. The number of hydrogen-bond acceptors (Lipinski definition) is 2. The lowest BCUT2D eigenvalue weighted by molar-refractivity contribution is -0.141. The summed E-state index contributed by atoms with van der Waals surface area (Å²) in [5.74, 6) is 0. The minimum atomic E-state index is -4.67. The Kier molecular flexibility index (Phi) is 4.19. The highest BCUT2D eigenvalue weighted by Gasteiger charge is 2.39. The number of rotatable bonds is 4. The summed E-state index contributed by atoms with van der Waals surface area (Å²) in [5.41, 5.74) is -1.81. The molecule has 1 aromatic heterocycles. The summed E-state index contributed by atoms with van der Waals surface area (Å²) in [7, 11) is 0. The van der Waals surface area contributed by atoms with Gasteiger partial charge in [-0.15, -0.1) is 0 Å². The molecule has 0 spiro atoms. The molecule has 1 rings (SSSR count). The first-order valence-corrected chi connectivity index (χ1v) is 5.54. The lowest BCUT2D eigenvalue weighted by Gasteiger charge is -2.13. The molecule has 17 heavy (non-hydrogen) atoms. The molecule has 0 aromatic carbocycles. The van der Waals surface area contributed by atoms with Gasteiger partial charge < -0.3 is 0 Å². The zero-order valence-corrected chi connectivity index (χ0v) is 10.1. The van der Waals surface area contributed by atoms with Gasteiger partial charge >= 0.3 is 6.18 Å². The van der Waals surface area contributed by atoms with E-state index in [1.807, 2.05) is 13.8 Å². The van der Waals surface area contributed by atoms with Gasteiger partial charge in [0.25, 0.3) is 0 Å². The molecule has 0 aliphatic rings. The van der Waals surface area contributed by atoms with Gasteiger partial charge in [-0.05, 0) is 12.8 Å². The van der Waals surface area contributed by atoms with Crippen molar-refractivity contribution in [3.8, 4) is 0 Å². The minimum absolute atomic E-state index is 0.0943. The minimum Gasteiger partial charge on any atom is -0.298 e. The van der Waals surface area contributed by atoms with E-state index in [0.717, 1.165) is 4.68 Å². The topological polar surface area (TPSA) is 34.9 Å². The van der Waals surface area contributed by atoms with Gasteiger partial charge in [0.15, 0.2) is 12.0 Å². The molecule has 0 saturated carbocycles. The van der Waals surface area contributed by atoms with E-state index in [2.05, 4.69) is 5.10 Å². The summed E-state index contributed by atoms with van der Waals surface area (Å²) >= 11 is 5.76. The Morgan fingerprint density at radius 2 is 1.94 bits per heavy atom. The molecule has 0 N–H and O–H groups in total. The summed E-state index contributed by atoms with van der Waals surface area (Å²) in [6.45, 7) is 3.64. The van der Waals surface area contributed by atoms with Crippen LogP contribution < -0.4 is 0 Å². The van der Waals surface area contributed by atoms with Crippen molar-refractivity contribution in [3.63, 3.8) is 0 Å². The van der Waals surface area contributed by atoms with Gasteiger partial charge in [-0.3, -0.25) is 4.79 Å². The highest BCUT2D eigenvalue weighted by Crippen LogP contribution is 2.35. The predicted molar refractivity (Wildman–Crippen MR) is 57.2 cm³/mol. The van der Waals surface area contributed by atoms with E-state index in [0.29, 0.717) is 12.8 Å². The van der Waals surface area contributed by atoms with Crippen molar-refractivity contribution in [2.75, 3.05) is 0 Å². The Morgan fingerprint density at radius 3 is 2.24 bits per heavy atom. The van der Waals surface area contributed by atoms with Crippen LogP contribution in [0.25, 0.3) is 0 Å². The maximum Gasteiger partial charge on any atom is 0.435 e. The third-order valence-electron chi connectivity index (χ3n) is 2.56. The second-order valence-corrected chi connectivity index (χ2v) is 3.94. The lowest BCUT2D eigenvalue weighted by Crippen LogP contribution is -2.12. The fourth-order valence-electron chi connectivity index (χ4n) is 1.62. The average Bonchev–Trinajstić information content (AvgIpc) is 2.58. The van der Waals surface area contributed by atoms with E-state index in [-0.39, 0.29) is 17.5 Å².